The summed E-state index contributed by atoms with van der Waals surface area (Å²) in [5.74, 6) is 0.0419. The Morgan fingerprint density at radius 2 is 1.78 bits per heavy atom. The van der Waals surface area contributed by atoms with Crippen molar-refractivity contribution in [3.8, 4) is 0 Å². The molecule has 2 aliphatic heterocycles. The predicted molar refractivity (Wildman–Crippen MR) is 134 cm³/mol. The topological polar surface area (TPSA) is 136 Å². The van der Waals surface area contributed by atoms with Crippen molar-refractivity contribution in [1.82, 2.24) is 14.8 Å². The monoisotopic (exact) mass is 494 g/mol. The molecule has 1 fully saturated rings. The SMILES string of the molecule is [N-]=[N+]=NCCOCCOCCN1CCN(CC(=O)N2c3ccccc3C(=O)Nc3cccnc32)CC1. The van der Waals surface area contributed by atoms with E-state index in [2.05, 4.69) is 30.1 Å². The summed E-state index contributed by atoms with van der Waals surface area (Å²) in [5, 5.41) is 6.27. The van der Waals surface area contributed by atoms with Crippen LogP contribution in [0.4, 0.5) is 17.2 Å². The lowest BCUT2D eigenvalue weighted by molar-refractivity contribution is -0.119. The molecule has 2 aliphatic rings. The number of aromatic nitrogens is 1. The van der Waals surface area contributed by atoms with E-state index in [0.29, 0.717) is 55.7 Å². The maximum absolute atomic E-state index is 13.5. The standard InChI is InChI=1S/C24H30N8O4/c25-29-27-8-14-35-16-17-36-15-13-30-9-11-31(12-10-30)18-22(33)32-21-6-2-1-4-19(21)24(34)28-20-5-3-7-26-23(20)32/h1-7H,8-18H2,(H,28,34). The van der Waals surface area contributed by atoms with E-state index < -0.39 is 0 Å². The Morgan fingerprint density at radius 1 is 1.03 bits per heavy atom. The van der Waals surface area contributed by atoms with Crippen LogP contribution in [-0.4, -0.2) is 98.8 Å². The van der Waals surface area contributed by atoms with Crippen LogP contribution in [0.5, 0.6) is 0 Å². The highest BCUT2D eigenvalue weighted by Gasteiger charge is 2.31. The molecule has 0 radical (unpaired) electrons. The molecule has 1 N–H and O–H groups in total. The van der Waals surface area contributed by atoms with Gasteiger partial charge in [-0.15, -0.1) is 0 Å². The lowest BCUT2D eigenvalue weighted by Crippen LogP contribution is -2.50. The van der Waals surface area contributed by atoms with E-state index in [1.165, 1.54) is 0 Å². The third kappa shape index (κ3) is 6.56. The van der Waals surface area contributed by atoms with Crippen molar-refractivity contribution in [3.63, 3.8) is 0 Å². The zero-order valence-electron chi connectivity index (χ0n) is 20.1. The molecule has 0 aliphatic carbocycles. The Balaban J connectivity index is 1.26. The summed E-state index contributed by atoms with van der Waals surface area (Å²) in [6, 6.07) is 10.6. The number of para-hydroxylation sites is 1. The summed E-state index contributed by atoms with van der Waals surface area (Å²) in [5.41, 5.74) is 9.70. The second kappa shape index (κ2) is 13.0. The molecule has 0 atom stereocenters. The fraction of sp³-hybridized carbons (Fsp3) is 0.458. The molecule has 1 aromatic carbocycles. The van der Waals surface area contributed by atoms with Gasteiger partial charge in [-0.3, -0.25) is 24.3 Å². The van der Waals surface area contributed by atoms with E-state index in [1.54, 1.807) is 41.4 Å². The van der Waals surface area contributed by atoms with Crippen LogP contribution in [0.1, 0.15) is 10.4 Å². The normalized spacial score (nSPS) is 15.9. The molecule has 1 saturated heterocycles. The molecule has 12 heteroatoms. The van der Waals surface area contributed by atoms with E-state index in [9.17, 15) is 9.59 Å². The van der Waals surface area contributed by atoms with Gasteiger partial charge >= 0.3 is 0 Å². The minimum Gasteiger partial charge on any atom is -0.379 e. The summed E-state index contributed by atoms with van der Waals surface area (Å²) >= 11 is 0. The second-order valence-corrected chi connectivity index (χ2v) is 8.37. The van der Waals surface area contributed by atoms with E-state index in [0.717, 1.165) is 32.7 Å². The molecule has 36 heavy (non-hydrogen) atoms. The number of pyridine rings is 1. The number of anilines is 3. The molecule has 0 bridgehead atoms. The smallest absolute Gasteiger partial charge is 0.257 e. The number of piperazine rings is 1. The molecule has 190 valence electrons. The third-order valence-electron chi connectivity index (χ3n) is 6.03. The number of carbonyl (C=O) groups excluding carboxylic acids is 2. The van der Waals surface area contributed by atoms with Crippen LogP contribution in [0.2, 0.25) is 0 Å². The van der Waals surface area contributed by atoms with E-state index in [4.69, 9.17) is 15.0 Å². The predicted octanol–water partition coefficient (Wildman–Crippen LogP) is 2.27. The van der Waals surface area contributed by atoms with Gasteiger partial charge in [-0.2, -0.15) is 0 Å². The number of ether oxygens (including phenoxy) is 2. The van der Waals surface area contributed by atoms with Gasteiger partial charge in [-0.05, 0) is 29.8 Å². The van der Waals surface area contributed by atoms with Crippen LogP contribution in [-0.2, 0) is 14.3 Å². The van der Waals surface area contributed by atoms with Crippen molar-refractivity contribution in [3.05, 3.63) is 58.6 Å². The molecule has 4 rings (SSSR count). The van der Waals surface area contributed by atoms with E-state index >= 15 is 0 Å². The fourth-order valence-corrected chi connectivity index (χ4v) is 4.19. The number of fused-ring (bicyclic) bond motifs is 2. The van der Waals surface area contributed by atoms with Crippen LogP contribution in [0.15, 0.2) is 47.7 Å². The highest BCUT2D eigenvalue weighted by atomic mass is 16.5. The lowest BCUT2D eigenvalue weighted by Gasteiger charge is -2.35. The van der Waals surface area contributed by atoms with Gasteiger partial charge in [-0.1, -0.05) is 17.2 Å². The number of carbonyl (C=O) groups is 2. The van der Waals surface area contributed by atoms with Gasteiger partial charge in [0.2, 0.25) is 5.91 Å². The van der Waals surface area contributed by atoms with Crippen LogP contribution in [0.25, 0.3) is 10.4 Å². The van der Waals surface area contributed by atoms with Crippen molar-refractivity contribution in [2.24, 2.45) is 5.11 Å². The third-order valence-corrected chi connectivity index (χ3v) is 6.03. The molecular weight excluding hydrogens is 464 g/mol. The summed E-state index contributed by atoms with van der Waals surface area (Å²) in [7, 11) is 0. The van der Waals surface area contributed by atoms with Gasteiger partial charge in [0.15, 0.2) is 5.82 Å². The number of nitrogens with one attached hydrogen (secondary N) is 1. The minimum absolute atomic E-state index is 0.129. The average Bonchev–Trinajstić information content (AvgIpc) is 3.02. The van der Waals surface area contributed by atoms with Crippen LogP contribution in [0, 0.1) is 0 Å². The first-order chi connectivity index (χ1) is 17.7. The molecule has 0 unspecified atom stereocenters. The van der Waals surface area contributed by atoms with Crippen LogP contribution < -0.4 is 10.2 Å². The molecule has 0 saturated carbocycles. The van der Waals surface area contributed by atoms with Gasteiger partial charge in [-0.25, -0.2) is 4.98 Å². The average molecular weight is 495 g/mol. The maximum Gasteiger partial charge on any atom is 0.257 e. The van der Waals surface area contributed by atoms with Crippen molar-refractivity contribution in [2.45, 2.75) is 0 Å². The second-order valence-electron chi connectivity index (χ2n) is 8.37. The Labute approximate surface area is 209 Å². The zero-order valence-corrected chi connectivity index (χ0v) is 20.1. The molecular formula is C24H30N8O4. The van der Waals surface area contributed by atoms with Gasteiger partial charge in [0.1, 0.15) is 0 Å². The Hall–Kier alpha value is -3.54. The number of nitrogens with zero attached hydrogens (tertiary/aromatic N) is 7. The molecule has 3 heterocycles. The molecule has 1 aromatic heterocycles. The number of hydrogen-bond acceptors (Lipinski definition) is 8. The van der Waals surface area contributed by atoms with E-state index in [-0.39, 0.29) is 18.4 Å². The van der Waals surface area contributed by atoms with Crippen LogP contribution in [0.3, 0.4) is 0 Å². The van der Waals surface area contributed by atoms with Crippen LogP contribution >= 0.6 is 0 Å². The zero-order chi connectivity index (χ0) is 25.2. The van der Waals surface area contributed by atoms with Crippen molar-refractivity contribution >= 4 is 29.0 Å². The van der Waals surface area contributed by atoms with Crippen molar-refractivity contribution in [2.75, 3.05) is 82.5 Å². The maximum atomic E-state index is 13.5. The van der Waals surface area contributed by atoms with Crippen molar-refractivity contribution < 1.29 is 19.1 Å². The molecule has 12 nitrogen and oxygen atoms in total. The Morgan fingerprint density at radius 3 is 2.58 bits per heavy atom. The highest BCUT2D eigenvalue weighted by Crippen LogP contribution is 2.36. The number of hydrogen-bond donors (Lipinski definition) is 1. The fourth-order valence-electron chi connectivity index (χ4n) is 4.19. The van der Waals surface area contributed by atoms with Gasteiger partial charge in [0.25, 0.3) is 5.91 Å². The van der Waals surface area contributed by atoms with Crippen molar-refractivity contribution in [1.29, 1.82) is 0 Å². The Kier molecular flexibility index (Phi) is 9.20. The summed E-state index contributed by atoms with van der Waals surface area (Å²) < 4.78 is 10.9. The summed E-state index contributed by atoms with van der Waals surface area (Å²) in [4.78, 5) is 39.3. The van der Waals surface area contributed by atoms with E-state index in [1.807, 2.05) is 6.07 Å². The molecule has 2 amide bonds. The van der Waals surface area contributed by atoms with Gasteiger partial charge in [0, 0.05) is 50.4 Å². The number of benzene rings is 1. The van der Waals surface area contributed by atoms with Gasteiger partial charge in [0.05, 0.1) is 49.9 Å². The quantitative estimate of drug-likeness (QED) is 0.219. The summed E-state index contributed by atoms with van der Waals surface area (Å²) in [6.07, 6.45) is 1.62. The first kappa shape index (κ1) is 25.5. The highest BCUT2D eigenvalue weighted by molar-refractivity contribution is 6.17. The Bertz CT molecular complexity index is 1100. The minimum atomic E-state index is -0.259. The molecule has 2 aromatic rings. The molecule has 0 spiro atoms. The largest absolute Gasteiger partial charge is 0.379 e. The number of rotatable bonds is 11. The summed E-state index contributed by atoms with van der Waals surface area (Å²) in [6.45, 7) is 6.52. The number of amides is 2. The van der Waals surface area contributed by atoms with Gasteiger partial charge < -0.3 is 14.8 Å². The first-order valence-electron chi connectivity index (χ1n) is 12.0. The first-order valence-corrected chi connectivity index (χ1v) is 12.0. The number of azide groups is 1. The lowest BCUT2D eigenvalue weighted by atomic mass is 10.1.